The molecule has 0 radical (unpaired) electrons. The van der Waals surface area contributed by atoms with Crippen molar-refractivity contribution in [3.8, 4) is 0 Å². The molecule has 1 unspecified atom stereocenters. The number of benzene rings is 1. The van der Waals surface area contributed by atoms with Gasteiger partial charge in [-0.05, 0) is 37.5 Å². The van der Waals surface area contributed by atoms with Crippen LogP contribution in [-0.4, -0.2) is 52.6 Å². The molecule has 7 nitrogen and oxygen atoms in total. The van der Waals surface area contributed by atoms with E-state index in [4.69, 9.17) is 11.6 Å². The highest BCUT2D eigenvalue weighted by Gasteiger charge is 2.30. The molecule has 0 aromatic heterocycles. The molecule has 2 fully saturated rings. The number of nitrogens with one attached hydrogen (secondary N) is 1. The zero-order valence-corrected chi connectivity index (χ0v) is 15.8. The van der Waals surface area contributed by atoms with E-state index in [9.17, 15) is 21.6 Å². The van der Waals surface area contributed by atoms with Gasteiger partial charge in [0.2, 0.25) is 10.0 Å². The lowest BCUT2D eigenvalue weighted by molar-refractivity contribution is 0.0941. The fourth-order valence-corrected chi connectivity index (χ4v) is 6.67. The zero-order valence-electron chi connectivity index (χ0n) is 13.4. The van der Waals surface area contributed by atoms with E-state index >= 15 is 0 Å². The molecule has 0 saturated carbocycles. The Labute approximate surface area is 152 Å². The van der Waals surface area contributed by atoms with Gasteiger partial charge in [0.25, 0.3) is 5.91 Å². The van der Waals surface area contributed by atoms with Gasteiger partial charge in [-0.25, -0.2) is 16.8 Å². The normalized spacial score (nSPS) is 24.8. The fourth-order valence-electron chi connectivity index (χ4n) is 3.08. The van der Waals surface area contributed by atoms with E-state index in [2.05, 4.69) is 5.32 Å². The summed E-state index contributed by atoms with van der Waals surface area (Å²) in [5.41, 5.74) is 0.539. The summed E-state index contributed by atoms with van der Waals surface area (Å²) < 4.78 is 48.8. The predicted molar refractivity (Wildman–Crippen MR) is 96.3 cm³/mol. The summed E-state index contributed by atoms with van der Waals surface area (Å²) in [7, 11) is -6.54. The monoisotopic (exact) mass is 406 g/mol. The summed E-state index contributed by atoms with van der Waals surface area (Å²) in [4.78, 5) is 12.4. The minimum atomic E-state index is -3.44. The molecule has 10 heteroatoms. The Hall–Kier alpha value is -1.32. The number of carbonyl (C=O) groups is 1. The molecule has 2 aliphatic heterocycles. The molecule has 2 aliphatic rings. The SMILES string of the molecule is O=C(NC1CCS(=O)(=O)C1)c1ccc(Cl)c(N2CCCCS2(=O)=O)c1. The third kappa shape index (κ3) is 4.09. The Morgan fingerprint density at radius 1 is 1.16 bits per heavy atom. The van der Waals surface area contributed by atoms with Crippen LogP contribution in [0.1, 0.15) is 29.6 Å². The highest BCUT2D eigenvalue weighted by Crippen LogP contribution is 2.31. The lowest BCUT2D eigenvalue weighted by atomic mass is 10.1. The summed E-state index contributed by atoms with van der Waals surface area (Å²) in [5.74, 6) is -0.385. The lowest BCUT2D eigenvalue weighted by Crippen LogP contribution is -2.38. The molecule has 0 bridgehead atoms. The molecule has 2 heterocycles. The number of carbonyl (C=O) groups excluding carboxylic acids is 1. The van der Waals surface area contributed by atoms with Gasteiger partial charge in [0.1, 0.15) is 0 Å². The van der Waals surface area contributed by atoms with Gasteiger partial charge in [0.05, 0.1) is 28.0 Å². The Morgan fingerprint density at radius 3 is 2.56 bits per heavy atom. The van der Waals surface area contributed by atoms with Crippen LogP contribution in [0, 0.1) is 0 Å². The first kappa shape index (κ1) is 18.5. The Morgan fingerprint density at radius 2 is 1.92 bits per heavy atom. The molecule has 1 atom stereocenters. The van der Waals surface area contributed by atoms with E-state index in [0.29, 0.717) is 19.4 Å². The quantitative estimate of drug-likeness (QED) is 0.812. The molecular formula is C15H19ClN2O5S2. The Balaban J connectivity index is 1.83. The third-order valence-corrected chi connectivity index (χ3v) is 8.34. The fraction of sp³-hybridized carbons (Fsp3) is 0.533. The van der Waals surface area contributed by atoms with E-state index in [0.717, 1.165) is 6.42 Å². The van der Waals surface area contributed by atoms with E-state index in [1.165, 1.54) is 22.5 Å². The van der Waals surface area contributed by atoms with Crippen LogP contribution >= 0.6 is 11.6 Å². The number of hydrogen-bond donors (Lipinski definition) is 1. The first-order chi connectivity index (χ1) is 11.7. The molecule has 0 spiro atoms. The van der Waals surface area contributed by atoms with Crippen molar-refractivity contribution in [1.82, 2.24) is 5.32 Å². The highest BCUT2D eigenvalue weighted by atomic mass is 35.5. The summed E-state index contributed by atoms with van der Waals surface area (Å²) in [6.45, 7) is 0.327. The number of rotatable bonds is 3. The van der Waals surface area contributed by atoms with Crippen LogP contribution in [0.25, 0.3) is 0 Å². The van der Waals surface area contributed by atoms with Gasteiger partial charge in [-0.3, -0.25) is 9.10 Å². The molecule has 0 aliphatic carbocycles. The van der Waals surface area contributed by atoms with Gasteiger partial charge in [-0.1, -0.05) is 11.6 Å². The van der Waals surface area contributed by atoms with Crippen molar-refractivity contribution >= 4 is 43.1 Å². The van der Waals surface area contributed by atoms with Gasteiger partial charge >= 0.3 is 0 Å². The average molecular weight is 407 g/mol. The largest absolute Gasteiger partial charge is 0.348 e. The van der Waals surface area contributed by atoms with Crippen molar-refractivity contribution in [2.45, 2.75) is 25.3 Å². The van der Waals surface area contributed by atoms with Crippen LogP contribution in [0.5, 0.6) is 0 Å². The van der Waals surface area contributed by atoms with Gasteiger partial charge in [0.15, 0.2) is 9.84 Å². The maximum Gasteiger partial charge on any atom is 0.251 e. The second-order valence-corrected chi connectivity index (χ2v) is 11.0. The Kier molecular flexibility index (Phi) is 5.00. The first-order valence-corrected chi connectivity index (χ1v) is 11.8. The van der Waals surface area contributed by atoms with Crippen molar-refractivity contribution < 1.29 is 21.6 Å². The standard InChI is InChI=1S/C15H19ClN2O5S2/c16-13-4-3-11(15(19)17-12-5-8-24(20,21)10-12)9-14(13)18-6-1-2-7-25(18,22)23/h3-4,9,12H,1-2,5-8,10H2,(H,17,19). The first-order valence-electron chi connectivity index (χ1n) is 7.99. The maximum absolute atomic E-state index is 12.4. The van der Waals surface area contributed by atoms with Gasteiger partial charge < -0.3 is 5.32 Å². The number of nitrogens with zero attached hydrogens (tertiary/aromatic N) is 1. The summed E-state index contributed by atoms with van der Waals surface area (Å²) in [6.07, 6.45) is 1.72. The van der Waals surface area contributed by atoms with E-state index in [1.807, 2.05) is 0 Å². The molecule has 1 N–H and O–H groups in total. The highest BCUT2D eigenvalue weighted by molar-refractivity contribution is 7.92. The molecule has 25 heavy (non-hydrogen) atoms. The average Bonchev–Trinajstić information content (AvgIpc) is 2.86. The summed E-state index contributed by atoms with van der Waals surface area (Å²) in [6, 6.07) is 4.02. The van der Waals surface area contributed by atoms with E-state index in [1.54, 1.807) is 0 Å². The molecule has 3 rings (SSSR count). The number of amides is 1. The van der Waals surface area contributed by atoms with Crippen molar-refractivity contribution in [3.05, 3.63) is 28.8 Å². The van der Waals surface area contributed by atoms with E-state index in [-0.39, 0.29) is 33.5 Å². The van der Waals surface area contributed by atoms with Crippen LogP contribution < -0.4 is 9.62 Å². The zero-order chi connectivity index (χ0) is 18.2. The van der Waals surface area contributed by atoms with Gasteiger partial charge in [-0.15, -0.1) is 0 Å². The second-order valence-electron chi connectivity index (χ2n) is 6.33. The molecule has 1 amide bonds. The molecule has 1 aromatic carbocycles. The van der Waals surface area contributed by atoms with Crippen LogP contribution in [0.2, 0.25) is 5.02 Å². The lowest BCUT2D eigenvalue weighted by Gasteiger charge is -2.29. The number of hydrogen-bond acceptors (Lipinski definition) is 5. The number of sulfone groups is 1. The molecular weight excluding hydrogens is 388 g/mol. The van der Waals surface area contributed by atoms with Gasteiger partial charge in [-0.2, -0.15) is 0 Å². The van der Waals surface area contributed by atoms with Crippen LogP contribution in [0.4, 0.5) is 5.69 Å². The second kappa shape index (κ2) is 6.77. The molecule has 2 saturated heterocycles. The summed E-state index contributed by atoms with van der Waals surface area (Å²) >= 11 is 6.15. The Bertz CT molecular complexity index is 898. The minimum absolute atomic E-state index is 0.0552. The van der Waals surface area contributed by atoms with Crippen molar-refractivity contribution in [2.24, 2.45) is 0 Å². The van der Waals surface area contributed by atoms with Crippen molar-refractivity contribution in [2.75, 3.05) is 28.1 Å². The topological polar surface area (TPSA) is 101 Å². The molecule has 138 valence electrons. The van der Waals surface area contributed by atoms with Gasteiger partial charge in [0, 0.05) is 18.2 Å². The third-order valence-electron chi connectivity index (χ3n) is 4.39. The van der Waals surface area contributed by atoms with E-state index < -0.39 is 31.8 Å². The van der Waals surface area contributed by atoms with Crippen LogP contribution in [0.15, 0.2) is 18.2 Å². The van der Waals surface area contributed by atoms with Crippen LogP contribution in [-0.2, 0) is 19.9 Å². The predicted octanol–water partition coefficient (Wildman–Crippen LogP) is 1.19. The van der Waals surface area contributed by atoms with Crippen molar-refractivity contribution in [3.63, 3.8) is 0 Å². The number of sulfonamides is 1. The molecule has 1 aromatic rings. The maximum atomic E-state index is 12.4. The number of halogens is 1. The summed E-state index contributed by atoms with van der Waals surface area (Å²) in [5, 5.41) is 2.95. The smallest absolute Gasteiger partial charge is 0.251 e. The number of anilines is 1. The van der Waals surface area contributed by atoms with Crippen LogP contribution in [0.3, 0.4) is 0 Å². The van der Waals surface area contributed by atoms with Crippen molar-refractivity contribution in [1.29, 1.82) is 0 Å². The minimum Gasteiger partial charge on any atom is -0.348 e.